The van der Waals surface area contributed by atoms with Gasteiger partial charge in [0.25, 0.3) is 0 Å². The Labute approximate surface area is 84.4 Å². The van der Waals surface area contributed by atoms with Gasteiger partial charge in [0.2, 0.25) is 0 Å². The van der Waals surface area contributed by atoms with Crippen LogP contribution in [0, 0.1) is 10.8 Å². The largest absolute Gasteiger partial charge is 0.481 e. The molecule has 0 aromatic carbocycles. The molecule has 2 atom stereocenters. The highest BCUT2D eigenvalue weighted by molar-refractivity contribution is 5.67. The summed E-state index contributed by atoms with van der Waals surface area (Å²) in [5, 5.41) is 18.5. The summed E-state index contributed by atoms with van der Waals surface area (Å²) in [7, 11) is 0. The van der Waals surface area contributed by atoms with E-state index in [0.29, 0.717) is 0 Å². The van der Waals surface area contributed by atoms with Crippen molar-refractivity contribution in [2.24, 2.45) is 10.8 Å². The summed E-state index contributed by atoms with van der Waals surface area (Å²) >= 11 is 0. The first-order valence-corrected chi connectivity index (χ1v) is 4.87. The van der Waals surface area contributed by atoms with Crippen LogP contribution in [0.5, 0.6) is 0 Å². The van der Waals surface area contributed by atoms with Crippen molar-refractivity contribution in [3.05, 3.63) is 12.2 Å². The fraction of sp³-hybridized carbons (Fsp3) is 0.727. The topological polar surface area (TPSA) is 57.5 Å². The highest BCUT2D eigenvalue weighted by Gasteiger charge is 2.47. The third-order valence-corrected chi connectivity index (χ3v) is 3.65. The van der Waals surface area contributed by atoms with E-state index in [1.807, 2.05) is 26.8 Å². The first kappa shape index (κ1) is 11.2. The van der Waals surface area contributed by atoms with E-state index >= 15 is 0 Å². The van der Waals surface area contributed by atoms with E-state index in [0.717, 1.165) is 6.42 Å². The van der Waals surface area contributed by atoms with Crippen LogP contribution in [0.1, 0.15) is 33.6 Å². The van der Waals surface area contributed by atoms with Crippen molar-refractivity contribution in [1.29, 1.82) is 0 Å². The molecule has 0 spiro atoms. The number of carboxylic acids is 1. The van der Waals surface area contributed by atoms with Gasteiger partial charge < -0.3 is 10.2 Å². The number of hydrogen-bond acceptors (Lipinski definition) is 2. The second-order valence-electron chi connectivity index (χ2n) is 4.86. The maximum absolute atomic E-state index is 10.5. The molecule has 1 rings (SSSR count). The Kier molecular flexibility index (Phi) is 2.72. The lowest BCUT2D eigenvalue weighted by molar-refractivity contribution is -0.142. The molecule has 0 radical (unpaired) electrons. The Bertz CT molecular complexity index is 268. The number of allylic oxidation sites excluding steroid dienone is 2. The molecule has 0 aromatic heterocycles. The molecule has 3 nitrogen and oxygen atoms in total. The first-order chi connectivity index (χ1) is 6.29. The molecule has 14 heavy (non-hydrogen) atoms. The third kappa shape index (κ3) is 1.69. The molecule has 0 fully saturated rings. The van der Waals surface area contributed by atoms with Crippen molar-refractivity contribution < 1.29 is 15.0 Å². The summed E-state index contributed by atoms with van der Waals surface area (Å²) in [4.78, 5) is 10.5. The molecule has 1 unspecified atom stereocenters. The van der Waals surface area contributed by atoms with Crippen molar-refractivity contribution in [2.75, 3.05) is 0 Å². The molecule has 0 heterocycles. The molecule has 0 saturated heterocycles. The Morgan fingerprint density at radius 2 is 2.07 bits per heavy atom. The zero-order valence-electron chi connectivity index (χ0n) is 8.95. The Morgan fingerprint density at radius 3 is 2.43 bits per heavy atom. The fourth-order valence-corrected chi connectivity index (χ4v) is 2.01. The number of carbonyl (C=O) groups is 1. The van der Waals surface area contributed by atoms with Gasteiger partial charge in [0, 0.05) is 5.41 Å². The third-order valence-electron chi connectivity index (χ3n) is 3.65. The van der Waals surface area contributed by atoms with Crippen LogP contribution in [-0.2, 0) is 4.79 Å². The van der Waals surface area contributed by atoms with Gasteiger partial charge in [-0.25, -0.2) is 0 Å². The molecular formula is C11H18O3. The molecule has 0 saturated carbocycles. The number of aliphatic carboxylic acids is 1. The molecule has 0 aliphatic heterocycles. The van der Waals surface area contributed by atoms with Crippen molar-refractivity contribution in [3.63, 3.8) is 0 Å². The van der Waals surface area contributed by atoms with Crippen molar-refractivity contribution in [2.45, 2.75) is 39.7 Å². The molecule has 1 aliphatic carbocycles. The fourth-order valence-electron chi connectivity index (χ4n) is 2.01. The molecule has 3 heteroatoms. The summed E-state index contributed by atoms with van der Waals surface area (Å²) in [5.74, 6) is -0.943. The van der Waals surface area contributed by atoms with Crippen LogP contribution in [0.15, 0.2) is 12.2 Å². The minimum absolute atomic E-state index is 0.137. The molecule has 0 bridgehead atoms. The monoisotopic (exact) mass is 198 g/mol. The molecule has 1 aliphatic rings. The zero-order valence-corrected chi connectivity index (χ0v) is 8.95. The maximum atomic E-state index is 10.5. The van der Waals surface area contributed by atoms with Crippen LogP contribution in [-0.4, -0.2) is 22.3 Å². The molecule has 2 N–H and O–H groups in total. The second-order valence-corrected chi connectivity index (χ2v) is 4.86. The summed E-state index contributed by atoms with van der Waals surface area (Å²) in [6.45, 7) is 6.00. The van der Waals surface area contributed by atoms with E-state index in [-0.39, 0.29) is 17.3 Å². The predicted octanol–water partition coefficient (Wildman–Crippen LogP) is 1.81. The van der Waals surface area contributed by atoms with E-state index in [1.54, 1.807) is 0 Å². The van der Waals surface area contributed by atoms with Gasteiger partial charge in [0.05, 0.1) is 12.5 Å². The number of aliphatic hydroxyl groups is 1. The summed E-state index contributed by atoms with van der Waals surface area (Å²) < 4.78 is 0. The minimum Gasteiger partial charge on any atom is -0.481 e. The van der Waals surface area contributed by atoms with Gasteiger partial charge in [0.15, 0.2) is 0 Å². The average molecular weight is 198 g/mol. The lowest BCUT2D eigenvalue weighted by Gasteiger charge is -2.41. The highest BCUT2D eigenvalue weighted by Crippen LogP contribution is 2.50. The lowest BCUT2D eigenvalue weighted by atomic mass is 9.65. The van der Waals surface area contributed by atoms with Crippen LogP contribution in [0.25, 0.3) is 0 Å². The Balaban J connectivity index is 2.80. The van der Waals surface area contributed by atoms with Crippen LogP contribution in [0.4, 0.5) is 0 Å². The maximum Gasteiger partial charge on any atom is 0.305 e. The van der Waals surface area contributed by atoms with Crippen LogP contribution < -0.4 is 0 Å². The highest BCUT2D eigenvalue weighted by atomic mass is 16.4. The molecular weight excluding hydrogens is 180 g/mol. The van der Waals surface area contributed by atoms with Crippen LogP contribution in [0.2, 0.25) is 0 Å². The molecule has 0 amide bonds. The minimum atomic E-state index is -0.943. The zero-order chi connectivity index (χ0) is 11.0. The van der Waals surface area contributed by atoms with Gasteiger partial charge in [-0.1, -0.05) is 32.9 Å². The molecule has 0 aromatic rings. The quantitative estimate of drug-likeness (QED) is 0.680. The van der Waals surface area contributed by atoms with E-state index in [2.05, 4.69) is 6.08 Å². The van der Waals surface area contributed by atoms with E-state index < -0.39 is 12.1 Å². The summed E-state index contributed by atoms with van der Waals surface area (Å²) in [6, 6.07) is 0. The normalized spacial score (nSPS) is 31.7. The van der Waals surface area contributed by atoms with Gasteiger partial charge in [-0.2, -0.15) is 0 Å². The lowest BCUT2D eigenvalue weighted by Crippen LogP contribution is -2.42. The molecule has 80 valence electrons. The van der Waals surface area contributed by atoms with Crippen molar-refractivity contribution in [3.8, 4) is 0 Å². The number of hydrogen-bond donors (Lipinski definition) is 2. The summed E-state index contributed by atoms with van der Waals surface area (Å²) in [6.07, 6.45) is 3.85. The smallest absolute Gasteiger partial charge is 0.305 e. The standard InChI is InChI=1S/C11H18O3/c1-10(2)5-4-6-11(10,3)8(12)7-9(13)14/h4-5,8,12H,6-7H2,1-3H3,(H,13,14)/t8-,11?/m0/s1. The van der Waals surface area contributed by atoms with Crippen LogP contribution >= 0.6 is 0 Å². The van der Waals surface area contributed by atoms with Crippen LogP contribution in [0.3, 0.4) is 0 Å². The first-order valence-electron chi connectivity index (χ1n) is 4.87. The summed E-state index contributed by atoms with van der Waals surface area (Å²) in [5.41, 5.74) is -0.493. The Morgan fingerprint density at radius 1 is 1.50 bits per heavy atom. The van der Waals surface area contributed by atoms with E-state index in [9.17, 15) is 9.90 Å². The van der Waals surface area contributed by atoms with Crippen molar-refractivity contribution >= 4 is 5.97 Å². The Hall–Kier alpha value is -0.830. The van der Waals surface area contributed by atoms with E-state index in [1.165, 1.54) is 0 Å². The number of rotatable bonds is 3. The number of carboxylic acid groups (broad SMARTS) is 1. The van der Waals surface area contributed by atoms with Gasteiger partial charge in [0.1, 0.15) is 0 Å². The second kappa shape index (κ2) is 3.39. The number of aliphatic hydroxyl groups excluding tert-OH is 1. The van der Waals surface area contributed by atoms with Gasteiger partial charge >= 0.3 is 5.97 Å². The SMILES string of the molecule is CC1(C)C=CCC1(C)[C@@H](O)CC(=O)O. The van der Waals surface area contributed by atoms with Gasteiger partial charge in [-0.15, -0.1) is 0 Å². The average Bonchev–Trinajstić information content (AvgIpc) is 2.26. The predicted molar refractivity (Wildman–Crippen MR) is 53.9 cm³/mol. The van der Waals surface area contributed by atoms with Gasteiger partial charge in [-0.3, -0.25) is 4.79 Å². The van der Waals surface area contributed by atoms with Crippen molar-refractivity contribution in [1.82, 2.24) is 0 Å². The van der Waals surface area contributed by atoms with E-state index in [4.69, 9.17) is 5.11 Å². The van der Waals surface area contributed by atoms with Gasteiger partial charge in [-0.05, 0) is 11.8 Å².